The second-order valence-corrected chi connectivity index (χ2v) is 5.29. The van der Waals surface area contributed by atoms with E-state index in [0.29, 0.717) is 32.9 Å². The molecule has 0 atom stereocenters. The molecular formula is C14H10Cl2N2O3. The van der Waals surface area contributed by atoms with Gasteiger partial charge in [-0.2, -0.15) is 0 Å². The highest BCUT2D eigenvalue weighted by Gasteiger charge is 2.08. The first-order valence-electron chi connectivity index (χ1n) is 6.10. The van der Waals surface area contributed by atoms with Crippen LogP contribution in [0.15, 0.2) is 39.6 Å². The minimum atomic E-state index is -0.302. The lowest BCUT2D eigenvalue weighted by Gasteiger charge is -2.07. The molecule has 0 spiro atoms. The highest BCUT2D eigenvalue weighted by Crippen LogP contribution is 2.28. The third-order valence-corrected chi connectivity index (χ3v) is 3.34. The summed E-state index contributed by atoms with van der Waals surface area (Å²) < 4.78 is 11.9. The van der Waals surface area contributed by atoms with Gasteiger partial charge in [0.1, 0.15) is 18.1 Å². The number of benzene rings is 1. The van der Waals surface area contributed by atoms with Crippen LogP contribution in [-0.2, 0) is 6.61 Å². The molecule has 0 aliphatic rings. The summed E-state index contributed by atoms with van der Waals surface area (Å²) in [6.07, 6.45) is 0. The number of rotatable bonds is 3. The summed E-state index contributed by atoms with van der Waals surface area (Å²) >= 11 is 11.9. The third kappa shape index (κ3) is 2.89. The molecule has 0 unspecified atom stereocenters. The molecule has 0 aliphatic heterocycles. The first-order valence-corrected chi connectivity index (χ1v) is 6.86. The van der Waals surface area contributed by atoms with Gasteiger partial charge in [-0.1, -0.05) is 23.2 Å². The topological polar surface area (TPSA) is 56.7 Å². The molecule has 0 amide bonds. The fourth-order valence-electron chi connectivity index (χ4n) is 1.89. The Morgan fingerprint density at radius 3 is 2.90 bits per heavy atom. The summed E-state index contributed by atoms with van der Waals surface area (Å²) in [4.78, 5) is 16.2. The van der Waals surface area contributed by atoms with E-state index in [9.17, 15) is 4.79 Å². The van der Waals surface area contributed by atoms with Crippen molar-refractivity contribution in [2.24, 2.45) is 0 Å². The van der Waals surface area contributed by atoms with Crippen molar-refractivity contribution in [1.82, 2.24) is 9.56 Å². The van der Waals surface area contributed by atoms with E-state index in [4.69, 9.17) is 32.5 Å². The predicted octanol–water partition coefficient (Wildman–Crippen LogP) is 3.48. The summed E-state index contributed by atoms with van der Waals surface area (Å²) in [5.74, 6) is 1.05. The summed E-state index contributed by atoms with van der Waals surface area (Å²) in [5.41, 5.74) is 0.622. The van der Waals surface area contributed by atoms with Crippen LogP contribution in [0.4, 0.5) is 0 Å². The molecule has 3 rings (SSSR count). The zero-order valence-corrected chi connectivity index (χ0v) is 12.5. The SMILES string of the molecule is Cc1cc2nc(COc3cc(Cl)ccc3Cl)cc(=O)n2o1. The number of nitrogens with zero attached hydrogens (tertiary/aromatic N) is 2. The molecule has 1 aromatic carbocycles. The molecule has 2 heterocycles. The highest BCUT2D eigenvalue weighted by atomic mass is 35.5. The van der Waals surface area contributed by atoms with E-state index in [1.165, 1.54) is 6.07 Å². The molecule has 0 radical (unpaired) electrons. The number of halogens is 2. The van der Waals surface area contributed by atoms with Crippen LogP contribution in [0.25, 0.3) is 5.65 Å². The van der Waals surface area contributed by atoms with Gasteiger partial charge in [-0.05, 0) is 19.1 Å². The molecule has 5 nitrogen and oxygen atoms in total. The molecule has 21 heavy (non-hydrogen) atoms. The van der Waals surface area contributed by atoms with E-state index >= 15 is 0 Å². The second-order valence-electron chi connectivity index (χ2n) is 4.45. The zero-order valence-electron chi connectivity index (χ0n) is 11.0. The van der Waals surface area contributed by atoms with Gasteiger partial charge in [-0.15, -0.1) is 4.57 Å². The number of fused-ring (bicyclic) bond motifs is 1. The molecule has 0 aliphatic carbocycles. The molecule has 7 heteroatoms. The van der Waals surface area contributed by atoms with Crippen molar-refractivity contribution in [1.29, 1.82) is 0 Å². The largest absolute Gasteiger partial charge is 0.486 e. The average molecular weight is 325 g/mol. The van der Waals surface area contributed by atoms with Gasteiger partial charge in [0.2, 0.25) is 0 Å². The van der Waals surface area contributed by atoms with E-state index in [1.807, 2.05) is 0 Å². The van der Waals surface area contributed by atoms with E-state index in [2.05, 4.69) is 4.98 Å². The molecule has 0 N–H and O–H groups in total. The molecule has 0 bridgehead atoms. The smallest absolute Gasteiger partial charge is 0.287 e. The first kappa shape index (κ1) is 14.0. The molecular weight excluding hydrogens is 315 g/mol. The Labute approximate surface area is 129 Å². The van der Waals surface area contributed by atoms with E-state index < -0.39 is 0 Å². The molecule has 3 aromatic rings. The van der Waals surface area contributed by atoms with Crippen LogP contribution >= 0.6 is 23.2 Å². The number of hydrogen-bond donors (Lipinski definition) is 0. The lowest BCUT2D eigenvalue weighted by atomic mass is 10.3. The number of aromatic nitrogens is 2. The maximum Gasteiger partial charge on any atom is 0.287 e. The maximum absolute atomic E-state index is 11.9. The Balaban J connectivity index is 1.88. The van der Waals surface area contributed by atoms with Crippen molar-refractivity contribution >= 4 is 28.8 Å². The quantitative estimate of drug-likeness (QED) is 0.740. The van der Waals surface area contributed by atoms with Crippen molar-refractivity contribution in [3.8, 4) is 5.75 Å². The fraction of sp³-hybridized carbons (Fsp3) is 0.143. The standard InChI is InChI=1S/C14H10Cl2N2O3/c1-8-4-13-17-10(6-14(19)18(13)21-8)7-20-12-5-9(15)2-3-11(12)16/h2-6H,7H2,1H3. The van der Waals surface area contributed by atoms with Gasteiger partial charge >= 0.3 is 0 Å². The van der Waals surface area contributed by atoms with Crippen LogP contribution in [0, 0.1) is 6.92 Å². The van der Waals surface area contributed by atoms with Gasteiger partial charge < -0.3 is 9.26 Å². The Morgan fingerprint density at radius 1 is 1.29 bits per heavy atom. The van der Waals surface area contributed by atoms with Crippen molar-refractivity contribution < 1.29 is 9.26 Å². The summed E-state index contributed by atoms with van der Waals surface area (Å²) in [7, 11) is 0. The van der Waals surface area contributed by atoms with Gasteiger partial charge in [0.25, 0.3) is 5.56 Å². The van der Waals surface area contributed by atoms with Crippen LogP contribution in [0.2, 0.25) is 10.0 Å². The molecule has 2 aromatic heterocycles. The number of ether oxygens (including phenoxy) is 1. The van der Waals surface area contributed by atoms with Gasteiger partial charge in [0.15, 0.2) is 5.65 Å². The molecule has 0 fully saturated rings. The number of aryl methyl sites for hydroxylation is 1. The number of hydrogen-bond acceptors (Lipinski definition) is 4. The minimum absolute atomic E-state index is 0.107. The van der Waals surface area contributed by atoms with Crippen LogP contribution in [0.3, 0.4) is 0 Å². The summed E-state index contributed by atoms with van der Waals surface area (Å²) in [6.45, 7) is 1.85. The third-order valence-electron chi connectivity index (χ3n) is 2.79. The lowest BCUT2D eigenvalue weighted by molar-refractivity contribution is 0.299. The van der Waals surface area contributed by atoms with Crippen molar-refractivity contribution in [2.45, 2.75) is 13.5 Å². The summed E-state index contributed by atoms with van der Waals surface area (Å²) in [6, 6.07) is 7.95. The van der Waals surface area contributed by atoms with Gasteiger partial charge in [-0.3, -0.25) is 4.79 Å². The van der Waals surface area contributed by atoms with Gasteiger partial charge in [0.05, 0.1) is 10.7 Å². The second kappa shape index (κ2) is 5.42. The van der Waals surface area contributed by atoms with E-state index in [0.717, 1.165) is 4.57 Å². The van der Waals surface area contributed by atoms with Crippen LogP contribution < -0.4 is 10.3 Å². The van der Waals surface area contributed by atoms with Crippen molar-refractivity contribution in [2.75, 3.05) is 0 Å². The zero-order chi connectivity index (χ0) is 15.0. The van der Waals surface area contributed by atoms with E-state index in [-0.39, 0.29) is 12.2 Å². The molecule has 108 valence electrons. The van der Waals surface area contributed by atoms with Crippen LogP contribution in [-0.4, -0.2) is 9.56 Å². The Kier molecular flexibility index (Phi) is 3.61. The minimum Gasteiger partial charge on any atom is -0.486 e. The highest BCUT2D eigenvalue weighted by molar-refractivity contribution is 6.34. The predicted molar refractivity (Wildman–Crippen MR) is 79.3 cm³/mol. The van der Waals surface area contributed by atoms with Crippen LogP contribution in [0.1, 0.15) is 11.5 Å². The summed E-state index contributed by atoms with van der Waals surface area (Å²) in [5, 5.41) is 0.958. The molecule has 0 saturated carbocycles. The van der Waals surface area contributed by atoms with Crippen molar-refractivity contribution in [3.63, 3.8) is 0 Å². The van der Waals surface area contributed by atoms with Gasteiger partial charge in [-0.25, -0.2) is 4.98 Å². The first-order chi connectivity index (χ1) is 10.0. The van der Waals surface area contributed by atoms with Crippen molar-refractivity contribution in [3.05, 3.63) is 62.2 Å². The Bertz CT molecular complexity index is 870. The van der Waals surface area contributed by atoms with E-state index in [1.54, 1.807) is 31.2 Å². The Hall–Kier alpha value is -1.98. The van der Waals surface area contributed by atoms with Gasteiger partial charge in [0, 0.05) is 23.2 Å². The maximum atomic E-state index is 11.9. The molecule has 0 saturated heterocycles. The normalized spacial score (nSPS) is 11.0. The lowest BCUT2D eigenvalue weighted by Crippen LogP contribution is -2.14. The van der Waals surface area contributed by atoms with Crippen LogP contribution in [0.5, 0.6) is 5.75 Å². The Morgan fingerprint density at radius 2 is 2.10 bits per heavy atom. The fourth-order valence-corrected chi connectivity index (χ4v) is 2.22. The monoisotopic (exact) mass is 324 g/mol. The average Bonchev–Trinajstić information content (AvgIpc) is 2.81.